The van der Waals surface area contributed by atoms with E-state index in [1.165, 1.54) is 31.3 Å². The molecule has 6 nitrogen and oxygen atoms in total. The van der Waals surface area contributed by atoms with E-state index in [4.69, 9.17) is 9.97 Å². The van der Waals surface area contributed by atoms with Crippen molar-refractivity contribution < 1.29 is 0 Å². The summed E-state index contributed by atoms with van der Waals surface area (Å²) < 4.78 is 2.53. The van der Waals surface area contributed by atoms with Crippen LogP contribution in [0.15, 0.2) is 207 Å². The summed E-state index contributed by atoms with van der Waals surface area (Å²) in [7, 11) is 0. The topological polar surface area (TPSA) is 77.3 Å². The summed E-state index contributed by atoms with van der Waals surface area (Å²) >= 11 is 1.85. The molecule has 7 heterocycles. The maximum absolute atomic E-state index is 4.97. The maximum Gasteiger partial charge on any atom is 0.0900 e. The quantitative estimate of drug-likeness (QED) is 0.152. The molecule has 61 heavy (non-hydrogen) atoms. The van der Waals surface area contributed by atoms with E-state index in [2.05, 4.69) is 129 Å². The van der Waals surface area contributed by atoms with Crippen LogP contribution in [-0.4, -0.2) is 29.9 Å². The highest BCUT2D eigenvalue weighted by Crippen LogP contribution is 2.45. The van der Waals surface area contributed by atoms with Crippen LogP contribution in [0.5, 0.6) is 0 Å². The highest BCUT2D eigenvalue weighted by molar-refractivity contribution is 7.26. The van der Waals surface area contributed by atoms with Crippen molar-refractivity contribution >= 4 is 31.5 Å². The number of benzene rings is 4. The molecule has 11 rings (SSSR count). The lowest BCUT2D eigenvalue weighted by atomic mass is 9.93. The lowest BCUT2D eigenvalue weighted by Gasteiger charge is -2.13. The summed E-state index contributed by atoms with van der Waals surface area (Å²) in [5.41, 5.74) is 15.6. The van der Waals surface area contributed by atoms with Gasteiger partial charge in [0.15, 0.2) is 0 Å². The molecule has 0 N–H and O–H groups in total. The zero-order valence-corrected chi connectivity index (χ0v) is 33.5. The average Bonchev–Trinajstić information content (AvgIpc) is 3.75. The molecule has 0 unspecified atom stereocenters. The molecule has 0 spiro atoms. The summed E-state index contributed by atoms with van der Waals surface area (Å²) in [5.74, 6) is 0. The molecule has 11 aromatic rings. The molecule has 0 amide bonds. The van der Waals surface area contributed by atoms with E-state index in [0.29, 0.717) is 0 Å². The van der Waals surface area contributed by atoms with Gasteiger partial charge in [0.05, 0.1) is 45.6 Å². The van der Waals surface area contributed by atoms with Gasteiger partial charge in [-0.1, -0.05) is 103 Å². The number of rotatable bonds is 8. The highest BCUT2D eigenvalue weighted by atomic mass is 32.1. The number of fused-ring (bicyclic) bond motifs is 3. The van der Waals surface area contributed by atoms with Crippen LogP contribution in [0.1, 0.15) is 0 Å². The fraction of sp³-hybridized carbons (Fsp3) is 0. The van der Waals surface area contributed by atoms with Crippen molar-refractivity contribution in [2.75, 3.05) is 0 Å². The fourth-order valence-corrected chi connectivity index (χ4v) is 9.22. The number of hydrogen-bond donors (Lipinski definition) is 0. The normalized spacial score (nSPS) is 11.3. The zero-order valence-electron chi connectivity index (χ0n) is 32.7. The summed E-state index contributed by atoms with van der Waals surface area (Å²) in [4.78, 5) is 28.4. The molecule has 0 aliphatic heterocycles. The molecule has 7 heteroatoms. The van der Waals surface area contributed by atoms with Crippen LogP contribution >= 0.6 is 11.3 Å². The first kappa shape index (κ1) is 36.1. The van der Waals surface area contributed by atoms with Crippen LogP contribution in [0.25, 0.3) is 110 Å². The first-order valence-electron chi connectivity index (χ1n) is 20.1. The summed E-state index contributed by atoms with van der Waals surface area (Å²) in [6.07, 6.45) is 7.21. The van der Waals surface area contributed by atoms with Gasteiger partial charge in [-0.05, 0) is 123 Å². The lowest BCUT2D eigenvalue weighted by Crippen LogP contribution is -1.94. The molecule has 0 aliphatic rings. The van der Waals surface area contributed by atoms with Gasteiger partial charge < -0.3 is 0 Å². The minimum atomic E-state index is 0.808. The molecule has 0 fully saturated rings. The first-order valence-corrected chi connectivity index (χ1v) is 20.9. The molecule has 4 aromatic carbocycles. The Morgan fingerprint density at radius 1 is 0.295 bits per heavy atom. The molecule has 0 bridgehead atoms. The Kier molecular flexibility index (Phi) is 9.26. The van der Waals surface area contributed by atoms with Gasteiger partial charge in [-0.3, -0.25) is 19.9 Å². The van der Waals surface area contributed by atoms with Crippen molar-refractivity contribution in [3.8, 4) is 90.1 Å². The predicted octanol–water partition coefficient (Wildman–Crippen LogP) is 13.8. The van der Waals surface area contributed by atoms with Gasteiger partial charge in [0.25, 0.3) is 0 Å². The molecular formula is C54H34N6S. The third kappa shape index (κ3) is 7.03. The number of nitrogens with zero attached hydrogens (tertiary/aromatic N) is 6. The largest absolute Gasteiger partial charge is 0.255 e. The lowest BCUT2D eigenvalue weighted by molar-refractivity contribution is 1.22. The second-order valence-electron chi connectivity index (χ2n) is 14.7. The summed E-state index contributed by atoms with van der Waals surface area (Å²) in [5, 5.41) is 2.53. The van der Waals surface area contributed by atoms with Crippen LogP contribution in [0.3, 0.4) is 0 Å². The Labute approximate surface area is 356 Å². The maximum atomic E-state index is 4.97. The highest BCUT2D eigenvalue weighted by Gasteiger charge is 2.17. The van der Waals surface area contributed by atoms with E-state index in [1.54, 1.807) is 24.8 Å². The molecule has 0 atom stereocenters. The van der Waals surface area contributed by atoms with Crippen LogP contribution in [0.2, 0.25) is 0 Å². The van der Waals surface area contributed by atoms with E-state index in [-0.39, 0.29) is 0 Å². The van der Waals surface area contributed by atoms with Gasteiger partial charge >= 0.3 is 0 Å². The Hall–Kier alpha value is -8.00. The molecule has 286 valence electrons. The smallest absolute Gasteiger partial charge is 0.0900 e. The number of hydrogen-bond acceptors (Lipinski definition) is 7. The van der Waals surface area contributed by atoms with Crippen molar-refractivity contribution in [2.24, 2.45) is 0 Å². The van der Waals surface area contributed by atoms with Gasteiger partial charge in [-0.2, -0.15) is 0 Å². The third-order valence-electron chi connectivity index (χ3n) is 10.9. The first-order chi connectivity index (χ1) is 30.2. The number of thiophene rings is 1. The van der Waals surface area contributed by atoms with E-state index >= 15 is 0 Å². The fourth-order valence-electron chi connectivity index (χ4n) is 7.96. The Morgan fingerprint density at radius 2 is 0.672 bits per heavy atom. The van der Waals surface area contributed by atoms with Crippen LogP contribution in [0.4, 0.5) is 0 Å². The molecule has 7 aromatic heterocycles. The van der Waals surface area contributed by atoms with Crippen LogP contribution in [-0.2, 0) is 0 Å². The Morgan fingerprint density at radius 3 is 1.10 bits per heavy atom. The molecule has 0 radical (unpaired) electrons. The van der Waals surface area contributed by atoms with E-state index < -0.39 is 0 Å². The van der Waals surface area contributed by atoms with Crippen molar-refractivity contribution in [1.29, 1.82) is 0 Å². The predicted molar refractivity (Wildman–Crippen MR) is 250 cm³/mol. The third-order valence-corrected chi connectivity index (χ3v) is 12.1. The van der Waals surface area contributed by atoms with Gasteiger partial charge in [0.1, 0.15) is 0 Å². The van der Waals surface area contributed by atoms with Crippen molar-refractivity contribution in [1.82, 2.24) is 29.9 Å². The van der Waals surface area contributed by atoms with E-state index in [0.717, 1.165) is 78.9 Å². The molecule has 0 saturated heterocycles. The molecule has 0 aliphatic carbocycles. The molecule has 0 saturated carbocycles. The second kappa shape index (κ2) is 15.6. The average molecular weight is 799 g/mol. The van der Waals surface area contributed by atoms with Gasteiger partial charge in [-0.15, -0.1) is 11.3 Å². The van der Waals surface area contributed by atoms with Gasteiger partial charge in [0.2, 0.25) is 0 Å². The van der Waals surface area contributed by atoms with Crippen LogP contribution in [0, 0.1) is 0 Å². The van der Waals surface area contributed by atoms with Gasteiger partial charge in [0, 0.05) is 45.0 Å². The van der Waals surface area contributed by atoms with E-state index in [9.17, 15) is 0 Å². The summed E-state index contributed by atoms with van der Waals surface area (Å²) in [6.45, 7) is 0. The Bertz CT molecular complexity index is 3200. The van der Waals surface area contributed by atoms with Crippen molar-refractivity contribution in [2.45, 2.75) is 0 Å². The van der Waals surface area contributed by atoms with Crippen molar-refractivity contribution in [3.05, 3.63) is 207 Å². The Balaban J connectivity index is 0.971. The SMILES string of the molecule is c1ccc(-c2cc(-c3ccc(-c4ccc(-c5ccc(-c6cc(-c7ccccn7)nc(-c7ccccn7)c6)cc5)c5c4sc4ccccc45)cc3)cc(-c3ccccn3)n2)nc1. The minimum absolute atomic E-state index is 0.808. The van der Waals surface area contributed by atoms with E-state index in [1.807, 2.05) is 84.1 Å². The minimum Gasteiger partial charge on any atom is -0.255 e. The summed E-state index contributed by atoms with van der Waals surface area (Å²) in [6, 6.07) is 63.1. The van der Waals surface area contributed by atoms with Crippen molar-refractivity contribution in [3.63, 3.8) is 0 Å². The standard InChI is InChI=1S/C54H34N6S/c1-2-16-52-43(11-1)53-41(37-21-17-35(18-22-37)39-31-48(44-12-3-7-27-55-44)59-49(32-39)45-13-4-8-28-56-45)25-26-42(54(53)61-52)38-23-19-36(20-24-38)40-33-50(46-14-5-9-29-57-46)60-51(34-40)47-15-6-10-30-58-47/h1-34H. The second-order valence-corrected chi connectivity index (χ2v) is 15.8. The van der Waals surface area contributed by atoms with Crippen LogP contribution < -0.4 is 0 Å². The molecular weight excluding hydrogens is 765 g/mol. The van der Waals surface area contributed by atoms with Gasteiger partial charge in [-0.25, -0.2) is 9.97 Å². The zero-order chi connectivity index (χ0) is 40.5. The number of aromatic nitrogens is 6. The monoisotopic (exact) mass is 798 g/mol. The number of pyridine rings is 6.